The maximum Gasteiger partial charge on any atom is 0.0702 e. The number of rotatable bonds is 6. The maximum absolute atomic E-state index is 7.39. The lowest BCUT2D eigenvalue weighted by Crippen LogP contribution is -1.98. The topological polar surface area (TPSA) is 66.6 Å². The molecule has 5 aromatic heterocycles. The SMILES string of the molecule is C/C=C\c1c(N)c2c(ccc3c4ccc5c(c6ccccc6n5-c5cccc(-c6ccccn6)c5)c4n(-c4ccccc4)c32)n1-c1cccc(-c2ccccn2)c1. The second-order valence-corrected chi connectivity index (χ2v) is 14.4. The molecule has 0 amide bonds. The molecule has 0 atom stereocenters. The second kappa shape index (κ2) is 13.0. The molecule has 11 aromatic rings. The molecule has 270 valence electrons. The van der Waals surface area contributed by atoms with E-state index >= 15 is 0 Å². The van der Waals surface area contributed by atoms with Crippen molar-refractivity contribution in [1.82, 2.24) is 23.7 Å². The van der Waals surface area contributed by atoms with E-state index in [9.17, 15) is 0 Å². The number of nitrogens with zero attached hydrogens (tertiary/aromatic N) is 5. The summed E-state index contributed by atoms with van der Waals surface area (Å²) in [6.07, 6.45) is 7.87. The van der Waals surface area contributed by atoms with Gasteiger partial charge in [-0.2, -0.15) is 0 Å². The minimum atomic E-state index is 0.738. The fraction of sp³-hybridized carbons (Fsp3) is 0.0196. The Morgan fingerprint density at radius 2 is 1.02 bits per heavy atom. The van der Waals surface area contributed by atoms with Crippen LogP contribution in [0.1, 0.15) is 12.6 Å². The van der Waals surface area contributed by atoms with Crippen LogP contribution in [0.25, 0.3) is 100 Å². The fourth-order valence-corrected chi connectivity index (χ4v) is 8.85. The number of hydrogen-bond donors (Lipinski definition) is 1. The Hall–Kier alpha value is -7.70. The maximum atomic E-state index is 7.39. The van der Waals surface area contributed by atoms with Crippen LogP contribution in [0.5, 0.6) is 0 Å². The third kappa shape index (κ3) is 4.97. The van der Waals surface area contributed by atoms with Gasteiger partial charge in [-0.3, -0.25) is 9.97 Å². The normalized spacial score (nSPS) is 11.9. The number of hydrogen-bond acceptors (Lipinski definition) is 3. The van der Waals surface area contributed by atoms with Gasteiger partial charge < -0.3 is 19.4 Å². The van der Waals surface area contributed by atoms with Gasteiger partial charge in [0.15, 0.2) is 0 Å². The van der Waals surface area contributed by atoms with E-state index in [1.54, 1.807) is 0 Å². The molecule has 0 fully saturated rings. The molecule has 0 aliphatic heterocycles. The number of para-hydroxylation sites is 2. The molecular formula is C51H36N6. The fourth-order valence-electron chi connectivity index (χ4n) is 8.85. The summed E-state index contributed by atoms with van der Waals surface area (Å²) in [5.74, 6) is 0. The smallest absolute Gasteiger partial charge is 0.0702 e. The Morgan fingerprint density at radius 1 is 0.456 bits per heavy atom. The molecule has 0 spiro atoms. The van der Waals surface area contributed by atoms with Crippen LogP contribution in [-0.2, 0) is 0 Å². The molecule has 6 heteroatoms. The number of benzene rings is 6. The minimum Gasteiger partial charge on any atom is -0.396 e. The highest BCUT2D eigenvalue weighted by atomic mass is 15.0. The van der Waals surface area contributed by atoms with Crippen molar-refractivity contribution in [3.05, 3.63) is 188 Å². The Morgan fingerprint density at radius 3 is 1.65 bits per heavy atom. The third-order valence-corrected chi connectivity index (χ3v) is 11.2. The Kier molecular flexibility index (Phi) is 7.44. The van der Waals surface area contributed by atoms with Crippen LogP contribution < -0.4 is 5.73 Å². The molecule has 6 nitrogen and oxygen atoms in total. The number of pyridine rings is 2. The predicted molar refractivity (Wildman–Crippen MR) is 238 cm³/mol. The van der Waals surface area contributed by atoms with E-state index in [0.29, 0.717) is 0 Å². The average molecular weight is 733 g/mol. The Labute approximate surface area is 329 Å². The van der Waals surface area contributed by atoms with Crippen LogP contribution in [0.2, 0.25) is 0 Å². The summed E-state index contributed by atoms with van der Waals surface area (Å²) >= 11 is 0. The first kappa shape index (κ1) is 32.7. The summed E-state index contributed by atoms with van der Waals surface area (Å²) in [7, 11) is 0. The highest BCUT2D eigenvalue weighted by molar-refractivity contribution is 6.30. The zero-order chi connectivity index (χ0) is 38.0. The van der Waals surface area contributed by atoms with Gasteiger partial charge in [0.2, 0.25) is 0 Å². The van der Waals surface area contributed by atoms with Crippen molar-refractivity contribution in [2.75, 3.05) is 5.73 Å². The highest BCUT2D eigenvalue weighted by Gasteiger charge is 2.25. The largest absolute Gasteiger partial charge is 0.396 e. The van der Waals surface area contributed by atoms with Crippen molar-refractivity contribution < 1.29 is 0 Å². The van der Waals surface area contributed by atoms with Crippen molar-refractivity contribution in [1.29, 1.82) is 0 Å². The molecule has 0 radical (unpaired) electrons. The molecule has 57 heavy (non-hydrogen) atoms. The Balaban J connectivity index is 1.26. The number of nitrogen functional groups attached to an aromatic ring is 1. The van der Waals surface area contributed by atoms with E-state index < -0.39 is 0 Å². The van der Waals surface area contributed by atoms with Gasteiger partial charge >= 0.3 is 0 Å². The minimum absolute atomic E-state index is 0.738. The first-order valence-corrected chi connectivity index (χ1v) is 19.2. The van der Waals surface area contributed by atoms with Crippen LogP contribution in [-0.4, -0.2) is 23.7 Å². The molecule has 0 aliphatic rings. The molecule has 11 rings (SSSR count). The lowest BCUT2D eigenvalue weighted by atomic mass is 10.1. The lowest BCUT2D eigenvalue weighted by molar-refractivity contribution is 1.11. The second-order valence-electron chi connectivity index (χ2n) is 14.4. The van der Waals surface area contributed by atoms with E-state index in [1.807, 2.05) is 49.6 Å². The van der Waals surface area contributed by atoms with E-state index in [0.717, 1.165) is 89.3 Å². The summed E-state index contributed by atoms with van der Waals surface area (Å²) in [5.41, 5.74) is 21.8. The predicted octanol–water partition coefficient (Wildman–Crippen LogP) is 12.6. The lowest BCUT2D eigenvalue weighted by Gasteiger charge is -2.12. The molecular weight excluding hydrogens is 697 g/mol. The van der Waals surface area contributed by atoms with E-state index in [2.05, 4.69) is 169 Å². The van der Waals surface area contributed by atoms with Gasteiger partial charge in [0, 0.05) is 67.5 Å². The van der Waals surface area contributed by atoms with Gasteiger partial charge in [0.1, 0.15) is 0 Å². The van der Waals surface area contributed by atoms with Gasteiger partial charge in [-0.15, -0.1) is 0 Å². The number of aromatic nitrogens is 5. The number of anilines is 1. The standard InChI is InChI=1S/C51H36N6/c1-2-14-46-49(52)48-45(56(46)37-20-13-16-34(32-37)42-23-9-11-30-54-42)28-26-39-38-25-27-44-47(50(38)57(51(39)48)35-17-4-3-5-18-35)40-21-6-7-24-43(40)55(44)36-19-12-15-33(31-36)41-22-8-10-29-53-41/h2-32H,52H2,1H3/b14-2-. The van der Waals surface area contributed by atoms with Crippen molar-refractivity contribution in [3.8, 4) is 39.6 Å². The van der Waals surface area contributed by atoms with E-state index in [1.165, 1.54) is 16.2 Å². The van der Waals surface area contributed by atoms with E-state index in [4.69, 9.17) is 5.73 Å². The van der Waals surface area contributed by atoms with Crippen molar-refractivity contribution in [3.63, 3.8) is 0 Å². The molecule has 2 N–H and O–H groups in total. The van der Waals surface area contributed by atoms with Crippen molar-refractivity contribution in [2.45, 2.75) is 6.92 Å². The zero-order valence-electron chi connectivity index (χ0n) is 31.2. The number of nitrogens with two attached hydrogens (primary N) is 1. The molecule has 0 bridgehead atoms. The highest BCUT2D eigenvalue weighted by Crippen LogP contribution is 2.46. The van der Waals surface area contributed by atoms with Gasteiger partial charge in [-0.05, 0) is 91.9 Å². The Bertz CT molecular complexity index is 3350. The van der Waals surface area contributed by atoms with Gasteiger partial charge in [-0.25, -0.2) is 0 Å². The molecule has 0 aliphatic carbocycles. The first-order valence-electron chi connectivity index (χ1n) is 19.2. The molecule has 5 heterocycles. The van der Waals surface area contributed by atoms with Crippen LogP contribution >= 0.6 is 0 Å². The van der Waals surface area contributed by atoms with Gasteiger partial charge in [-0.1, -0.05) is 91.0 Å². The van der Waals surface area contributed by atoms with E-state index in [-0.39, 0.29) is 0 Å². The molecule has 0 saturated heterocycles. The summed E-state index contributed by atoms with van der Waals surface area (Å²) < 4.78 is 7.13. The van der Waals surface area contributed by atoms with Crippen molar-refractivity contribution in [2.24, 2.45) is 0 Å². The summed E-state index contributed by atoms with van der Waals surface area (Å²) in [6.45, 7) is 2.04. The molecule has 0 saturated carbocycles. The number of fused-ring (bicyclic) bond motifs is 9. The van der Waals surface area contributed by atoms with Crippen LogP contribution in [0, 0.1) is 0 Å². The quantitative estimate of drug-likeness (QED) is 0.185. The molecule has 0 unspecified atom stereocenters. The number of allylic oxidation sites excluding steroid dienone is 1. The summed E-state index contributed by atoms with van der Waals surface area (Å²) in [5, 5.41) is 5.71. The first-order chi connectivity index (χ1) is 28.2. The zero-order valence-corrected chi connectivity index (χ0v) is 31.2. The van der Waals surface area contributed by atoms with Crippen LogP contribution in [0.4, 0.5) is 5.69 Å². The third-order valence-electron chi connectivity index (χ3n) is 11.2. The summed E-state index contributed by atoms with van der Waals surface area (Å²) in [4.78, 5) is 9.31. The van der Waals surface area contributed by atoms with Crippen LogP contribution in [0.3, 0.4) is 0 Å². The van der Waals surface area contributed by atoms with Gasteiger partial charge in [0.05, 0.1) is 50.4 Å². The average Bonchev–Trinajstić information content (AvgIpc) is 3.89. The van der Waals surface area contributed by atoms with Gasteiger partial charge in [0.25, 0.3) is 0 Å². The molecule has 6 aromatic carbocycles. The summed E-state index contributed by atoms with van der Waals surface area (Å²) in [6, 6.07) is 57.8. The van der Waals surface area contributed by atoms with Crippen LogP contribution in [0.15, 0.2) is 182 Å². The van der Waals surface area contributed by atoms with Crippen molar-refractivity contribution >= 4 is 66.3 Å². The monoisotopic (exact) mass is 732 g/mol.